The van der Waals surface area contributed by atoms with Gasteiger partial charge in [-0.25, -0.2) is 9.59 Å². The predicted octanol–water partition coefficient (Wildman–Crippen LogP) is 0.664. The van der Waals surface area contributed by atoms with Crippen LogP contribution >= 0.6 is 0 Å². The van der Waals surface area contributed by atoms with E-state index in [0.717, 1.165) is 7.11 Å². The molecule has 2 unspecified atom stereocenters. The number of nitrogens with one attached hydrogen (secondary N) is 1. The summed E-state index contributed by atoms with van der Waals surface area (Å²) in [6.45, 7) is 1.18. The standard InChI is InChI=1S/C16H21NO9S/c1-11(26-13(18)8-9-27(22,23)24-2)14(15(19)20)17-16(21)25-10-12-6-4-3-5-7-12/h3-7,11,14H,8-10H2,1-2H3,(H,17,21)(H,19,20). The highest BCUT2D eigenvalue weighted by Gasteiger charge is 2.30. The minimum absolute atomic E-state index is 0.0674. The second-order valence-corrected chi connectivity index (χ2v) is 7.25. The van der Waals surface area contributed by atoms with Crippen LogP contribution in [0.15, 0.2) is 30.3 Å². The van der Waals surface area contributed by atoms with Gasteiger partial charge in [-0.3, -0.25) is 8.98 Å². The molecule has 0 aliphatic heterocycles. The molecule has 1 amide bonds. The Labute approximate surface area is 156 Å². The monoisotopic (exact) mass is 403 g/mol. The Hall–Kier alpha value is -2.66. The molecule has 1 aromatic carbocycles. The number of ether oxygens (including phenoxy) is 2. The molecule has 27 heavy (non-hydrogen) atoms. The van der Waals surface area contributed by atoms with Crippen molar-refractivity contribution in [1.82, 2.24) is 5.32 Å². The average Bonchev–Trinajstić information content (AvgIpc) is 2.63. The smallest absolute Gasteiger partial charge is 0.408 e. The van der Waals surface area contributed by atoms with Crippen LogP contribution in [0.2, 0.25) is 0 Å². The first-order valence-electron chi connectivity index (χ1n) is 7.82. The van der Waals surface area contributed by atoms with Crippen molar-refractivity contribution < 1.29 is 41.6 Å². The summed E-state index contributed by atoms with van der Waals surface area (Å²) < 4.78 is 36.3. The van der Waals surface area contributed by atoms with Gasteiger partial charge in [-0.1, -0.05) is 30.3 Å². The van der Waals surface area contributed by atoms with Gasteiger partial charge < -0.3 is 19.9 Å². The molecule has 11 heteroatoms. The highest BCUT2D eigenvalue weighted by atomic mass is 32.2. The lowest BCUT2D eigenvalue weighted by molar-refractivity contribution is -0.154. The molecule has 10 nitrogen and oxygen atoms in total. The van der Waals surface area contributed by atoms with E-state index in [-0.39, 0.29) is 6.61 Å². The molecule has 0 spiro atoms. The Morgan fingerprint density at radius 2 is 1.81 bits per heavy atom. The summed E-state index contributed by atoms with van der Waals surface area (Å²) in [4.78, 5) is 34.8. The van der Waals surface area contributed by atoms with E-state index >= 15 is 0 Å². The van der Waals surface area contributed by atoms with E-state index in [9.17, 15) is 27.9 Å². The van der Waals surface area contributed by atoms with E-state index < -0.39 is 52.5 Å². The first kappa shape index (κ1) is 22.4. The van der Waals surface area contributed by atoms with Gasteiger partial charge in [-0.05, 0) is 12.5 Å². The number of benzene rings is 1. The van der Waals surface area contributed by atoms with Crippen molar-refractivity contribution >= 4 is 28.1 Å². The fourth-order valence-electron chi connectivity index (χ4n) is 1.90. The van der Waals surface area contributed by atoms with Gasteiger partial charge in [0.1, 0.15) is 12.7 Å². The van der Waals surface area contributed by atoms with Crippen molar-refractivity contribution in [2.24, 2.45) is 0 Å². The normalized spacial score (nSPS) is 13.3. The van der Waals surface area contributed by atoms with Crippen LogP contribution in [-0.2, 0) is 40.0 Å². The Bertz CT molecular complexity index is 748. The van der Waals surface area contributed by atoms with Crippen LogP contribution in [0.25, 0.3) is 0 Å². The number of alkyl carbamates (subject to hydrolysis) is 1. The Morgan fingerprint density at radius 3 is 2.37 bits per heavy atom. The molecule has 0 fully saturated rings. The second-order valence-electron chi connectivity index (χ2n) is 5.40. The number of esters is 1. The number of aliphatic carboxylic acids is 1. The van der Waals surface area contributed by atoms with Gasteiger partial charge in [0.2, 0.25) is 0 Å². The summed E-state index contributed by atoms with van der Waals surface area (Å²) in [5.74, 6) is -3.01. The average molecular weight is 403 g/mol. The first-order chi connectivity index (χ1) is 12.6. The van der Waals surface area contributed by atoms with Gasteiger partial charge >= 0.3 is 18.0 Å². The van der Waals surface area contributed by atoms with E-state index in [4.69, 9.17) is 9.47 Å². The largest absolute Gasteiger partial charge is 0.480 e. The quantitative estimate of drug-likeness (QED) is 0.425. The Morgan fingerprint density at radius 1 is 1.19 bits per heavy atom. The predicted molar refractivity (Wildman–Crippen MR) is 92.2 cm³/mol. The van der Waals surface area contributed by atoms with Crippen molar-refractivity contribution in [2.75, 3.05) is 12.9 Å². The van der Waals surface area contributed by atoms with Gasteiger partial charge in [-0.15, -0.1) is 0 Å². The maximum atomic E-state index is 11.8. The number of hydrogen-bond donors (Lipinski definition) is 2. The molecule has 2 atom stereocenters. The van der Waals surface area contributed by atoms with Crippen LogP contribution in [0.1, 0.15) is 18.9 Å². The zero-order valence-electron chi connectivity index (χ0n) is 14.8. The van der Waals surface area contributed by atoms with Gasteiger partial charge in [0.05, 0.1) is 19.3 Å². The number of amides is 1. The third-order valence-electron chi connectivity index (χ3n) is 3.35. The van der Waals surface area contributed by atoms with E-state index in [1.807, 2.05) is 0 Å². The third-order valence-corrected chi connectivity index (χ3v) is 4.56. The Balaban J connectivity index is 2.54. The molecule has 0 saturated heterocycles. The number of carboxylic acids is 1. The molecule has 0 heterocycles. The molecule has 0 aromatic heterocycles. The molecule has 0 aliphatic carbocycles. The van der Waals surface area contributed by atoms with Crippen LogP contribution in [0.5, 0.6) is 0 Å². The highest BCUT2D eigenvalue weighted by Crippen LogP contribution is 2.06. The lowest BCUT2D eigenvalue weighted by atomic mass is 10.2. The zero-order chi connectivity index (χ0) is 20.4. The molecule has 0 bridgehead atoms. The van der Waals surface area contributed by atoms with E-state index in [0.29, 0.717) is 5.56 Å². The van der Waals surface area contributed by atoms with E-state index in [2.05, 4.69) is 9.50 Å². The van der Waals surface area contributed by atoms with E-state index in [1.54, 1.807) is 30.3 Å². The SMILES string of the molecule is COS(=O)(=O)CCC(=O)OC(C)C(NC(=O)OCc1ccccc1)C(=O)O. The summed E-state index contributed by atoms with van der Waals surface area (Å²) in [6, 6.07) is 7.17. The lowest BCUT2D eigenvalue weighted by Gasteiger charge is -2.21. The van der Waals surface area contributed by atoms with Crippen molar-refractivity contribution in [2.45, 2.75) is 32.1 Å². The summed E-state index contributed by atoms with van der Waals surface area (Å²) in [7, 11) is -2.89. The van der Waals surface area contributed by atoms with Gasteiger partial charge in [0, 0.05) is 0 Å². The minimum Gasteiger partial charge on any atom is -0.480 e. The number of carbonyl (C=O) groups excluding carboxylic acids is 2. The first-order valence-corrected chi connectivity index (χ1v) is 9.40. The number of hydrogen-bond acceptors (Lipinski definition) is 8. The van der Waals surface area contributed by atoms with Gasteiger partial charge in [0.25, 0.3) is 10.1 Å². The number of rotatable bonds is 10. The van der Waals surface area contributed by atoms with Crippen LogP contribution < -0.4 is 5.32 Å². The van der Waals surface area contributed by atoms with Crippen molar-refractivity contribution in [1.29, 1.82) is 0 Å². The van der Waals surface area contributed by atoms with Crippen LogP contribution in [0, 0.1) is 0 Å². The lowest BCUT2D eigenvalue weighted by Crippen LogP contribution is -2.49. The van der Waals surface area contributed by atoms with Crippen LogP contribution in [0.4, 0.5) is 4.79 Å². The van der Waals surface area contributed by atoms with Crippen molar-refractivity contribution in [3.63, 3.8) is 0 Å². The summed E-state index contributed by atoms with van der Waals surface area (Å²) >= 11 is 0. The topological polar surface area (TPSA) is 145 Å². The van der Waals surface area contributed by atoms with Gasteiger partial charge in [-0.2, -0.15) is 8.42 Å². The molecule has 0 aliphatic rings. The zero-order valence-corrected chi connectivity index (χ0v) is 15.6. The molecule has 1 rings (SSSR count). The number of carboxylic acid groups (broad SMARTS) is 1. The van der Waals surface area contributed by atoms with Crippen molar-refractivity contribution in [3.05, 3.63) is 35.9 Å². The molecule has 0 radical (unpaired) electrons. The number of carbonyl (C=O) groups is 3. The maximum absolute atomic E-state index is 11.8. The molecule has 1 aromatic rings. The Kier molecular flexibility index (Phi) is 8.69. The molecule has 0 saturated carbocycles. The summed E-state index contributed by atoms with van der Waals surface area (Å²) in [6.07, 6.45) is -2.79. The molecular formula is C16H21NO9S. The van der Waals surface area contributed by atoms with Crippen molar-refractivity contribution in [3.8, 4) is 0 Å². The molecular weight excluding hydrogens is 382 g/mol. The van der Waals surface area contributed by atoms with E-state index in [1.165, 1.54) is 6.92 Å². The van der Waals surface area contributed by atoms with Crippen LogP contribution in [0.3, 0.4) is 0 Å². The third kappa shape index (κ3) is 8.51. The second kappa shape index (κ2) is 10.5. The molecule has 2 N–H and O–H groups in total. The fourth-order valence-corrected chi connectivity index (χ4v) is 2.48. The van der Waals surface area contributed by atoms with Crippen LogP contribution in [-0.4, -0.2) is 56.6 Å². The maximum Gasteiger partial charge on any atom is 0.408 e. The van der Waals surface area contributed by atoms with Gasteiger partial charge in [0.15, 0.2) is 6.04 Å². The fraction of sp³-hybridized carbons (Fsp3) is 0.438. The minimum atomic E-state index is -3.85. The highest BCUT2D eigenvalue weighted by molar-refractivity contribution is 7.86. The summed E-state index contributed by atoms with van der Waals surface area (Å²) in [5, 5.41) is 11.3. The summed E-state index contributed by atoms with van der Waals surface area (Å²) in [5.41, 5.74) is 0.707. The molecule has 150 valence electrons.